The van der Waals surface area contributed by atoms with Gasteiger partial charge in [-0.1, -0.05) is 0 Å². The van der Waals surface area contributed by atoms with Crippen LogP contribution in [0.2, 0.25) is 0 Å². The topological polar surface area (TPSA) is 23.5 Å². The number of halogens is 1. The zero-order valence-electron chi connectivity index (χ0n) is 9.04. The molecule has 0 aromatic heterocycles. The Morgan fingerprint density at radius 1 is 1.36 bits per heavy atom. The minimum absolute atomic E-state index is 0.235. The minimum atomic E-state index is -0.998. The highest BCUT2D eigenvalue weighted by molar-refractivity contribution is 4.97. The normalized spacial score (nSPS) is 49.3. The molecule has 0 amide bonds. The molecule has 82 valence electrons. The Morgan fingerprint density at radius 2 is 1.86 bits per heavy atom. The highest BCUT2D eigenvalue weighted by atomic mass is 19.1. The van der Waals surface area contributed by atoms with E-state index in [2.05, 4.69) is 11.9 Å². The quantitative estimate of drug-likeness (QED) is 0.691. The second-order valence-electron chi connectivity index (χ2n) is 5.41. The van der Waals surface area contributed by atoms with Crippen LogP contribution in [0, 0.1) is 17.8 Å². The molecule has 2 fully saturated rings. The Kier molecular flexibility index (Phi) is 2.56. The summed E-state index contributed by atoms with van der Waals surface area (Å²) in [5.74, 6) is 1.05. The fourth-order valence-electron chi connectivity index (χ4n) is 3.44. The van der Waals surface area contributed by atoms with Crippen LogP contribution in [-0.2, 0) is 0 Å². The maximum absolute atomic E-state index is 13.9. The van der Waals surface area contributed by atoms with Crippen LogP contribution < -0.4 is 0 Å². The lowest BCUT2D eigenvalue weighted by Crippen LogP contribution is -2.53. The van der Waals surface area contributed by atoms with Crippen molar-refractivity contribution in [3.63, 3.8) is 0 Å². The maximum atomic E-state index is 13.9. The van der Waals surface area contributed by atoms with Gasteiger partial charge in [0.25, 0.3) is 0 Å². The highest BCUT2D eigenvalue weighted by Crippen LogP contribution is 2.45. The van der Waals surface area contributed by atoms with Gasteiger partial charge in [0, 0.05) is 19.7 Å². The van der Waals surface area contributed by atoms with Crippen LogP contribution in [0.1, 0.15) is 19.8 Å². The molecule has 0 aromatic rings. The largest absolute Gasteiger partial charge is 0.396 e. The number of likely N-dealkylation sites (tertiary alicyclic amines) is 1. The van der Waals surface area contributed by atoms with E-state index < -0.39 is 5.67 Å². The van der Waals surface area contributed by atoms with Gasteiger partial charge in [-0.3, -0.25) is 0 Å². The number of nitrogens with zero attached hydrogens (tertiary/aromatic N) is 1. The van der Waals surface area contributed by atoms with Gasteiger partial charge >= 0.3 is 0 Å². The van der Waals surface area contributed by atoms with Crippen molar-refractivity contribution in [2.75, 3.05) is 26.7 Å². The SMILES string of the molecule is CN1CC2CC(C)(F)CC(C1)C2CO. The lowest BCUT2D eigenvalue weighted by Gasteiger charge is -2.49. The molecular weight excluding hydrogens is 181 g/mol. The third kappa shape index (κ3) is 1.80. The van der Waals surface area contributed by atoms with Crippen molar-refractivity contribution in [3.05, 3.63) is 0 Å². The first-order valence-electron chi connectivity index (χ1n) is 5.50. The Labute approximate surface area is 85.1 Å². The second kappa shape index (κ2) is 3.46. The Balaban J connectivity index is 2.14. The van der Waals surface area contributed by atoms with Gasteiger partial charge in [-0.2, -0.15) is 0 Å². The van der Waals surface area contributed by atoms with Gasteiger partial charge in [-0.15, -0.1) is 0 Å². The number of alkyl halides is 1. The number of aliphatic hydroxyl groups is 1. The van der Waals surface area contributed by atoms with Crippen molar-refractivity contribution >= 4 is 0 Å². The van der Waals surface area contributed by atoms with E-state index >= 15 is 0 Å². The van der Waals surface area contributed by atoms with Crippen LogP contribution in [0.5, 0.6) is 0 Å². The van der Waals surface area contributed by atoms with Crippen molar-refractivity contribution in [3.8, 4) is 0 Å². The van der Waals surface area contributed by atoms with Crippen LogP contribution in [0.15, 0.2) is 0 Å². The number of aliphatic hydroxyl groups excluding tert-OH is 1. The lowest BCUT2D eigenvalue weighted by atomic mass is 9.65. The molecule has 1 aliphatic carbocycles. The monoisotopic (exact) mass is 201 g/mol. The zero-order valence-corrected chi connectivity index (χ0v) is 9.04. The molecule has 1 saturated heterocycles. The molecule has 2 unspecified atom stereocenters. The van der Waals surface area contributed by atoms with E-state index in [-0.39, 0.29) is 6.61 Å². The Hall–Kier alpha value is -0.150. The first kappa shape index (κ1) is 10.4. The van der Waals surface area contributed by atoms with Gasteiger partial charge in [0.2, 0.25) is 0 Å². The molecule has 1 N–H and O–H groups in total. The Bertz CT molecular complexity index is 201. The molecule has 14 heavy (non-hydrogen) atoms. The van der Waals surface area contributed by atoms with Crippen LogP contribution in [0.25, 0.3) is 0 Å². The second-order valence-corrected chi connectivity index (χ2v) is 5.41. The molecule has 1 saturated carbocycles. The number of hydrogen-bond donors (Lipinski definition) is 1. The summed E-state index contributed by atoms with van der Waals surface area (Å²) in [6, 6.07) is 0. The van der Waals surface area contributed by atoms with E-state index in [1.54, 1.807) is 6.92 Å². The third-order valence-electron chi connectivity index (χ3n) is 3.89. The standard InChI is InChI=1S/C11H20FNO/c1-11(12)3-8-5-13(2)6-9(4-11)10(8)7-14/h8-10,14H,3-7H2,1-2H3. The van der Waals surface area contributed by atoms with E-state index in [1.807, 2.05) is 0 Å². The van der Waals surface area contributed by atoms with E-state index in [1.165, 1.54) is 0 Å². The van der Waals surface area contributed by atoms with Crippen LogP contribution >= 0.6 is 0 Å². The summed E-state index contributed by atoms with van der Waals surface area (Å²) in [6.45, 7) is 3.84. The van der Waals surface area contributed by atoms with Gasteiger partial charge in [0.1, 0.15) is 5.67 Å². The highest BCUT2D eigenvalue weighted by Gasteiger charge is 2.46. The summed E-state index contributed by atoms with van der Waals surface area (Å²) in [4.78, 5) is 2.27. The molecule has 0 spiro atoms. The van der Waals surface area contributed by atoms with Gasteiger partial charge in [-0.05, 0) is 44.6 Å². The smallest absolute Gasteiger partial charge is 0.109 e. The van der Waals surface area contributed by atoms with E-state index in [4.69, 9.17) is 0 Å². The molecule has 2 aliphatic rings. The molecule has 1 aliphatic heterocycles. The number of piperidine rings is 1. The van der Waals surface area contributed by atoms with Crippen molar-refractivity contribution in [2.45, 2.75) is 25.4 Å². The summed E-state index contributed by atoms with van der Waals surface area (Å²) in [5.41, 5.74) is -0.998. The first-order valence-corrected chi connectivity index (χ1v) is 5.50. The van der Waals surface area contributed by atoms with Gasteiger partial charge < -0.3 is 10.0 Å². The summed E-state index contributed by atoms with van der Waals surface area (Å²) in [6.07, 6.45) is 1.25. The molecule has 2 bridgehead atoms. The summed E-state index contributed by atoms with van der Waals surface area (Å²) < 4.78 is 13.9. The average Bonchev–Trinajstić information content (AvgIpc) is 1.99. The average molecular weight is 201 g/mol. The molecular formula is C11H20FNO. The van der Waals surface area contributed by atoms with Crippen LogP contribution in [0.3, 0.4) is 0 Å². The molecule has 0 aromatic carbocycles. The maximum Gasteiger partial charge on any atom is 0.109 e. The number of fused-ring (bicyclic) bond motifs is 2. The van der Waals surface area contributed by atoms with Crippen molar-refractivity contribution in [2.24, 2.45) is 17.8 Å². The predicted octanol–water partition coefficient (Wildman–Crippen LogP) is 1.29. The third-order valence-corrected chi connectivity index (χ3v) is 3.89. The summed E-state index contributed by atoms with van der Waals surface area (Å²) in [5, 5.41) is 9.31. The molecule has 1 heterocycles. The fourth-order valence-corrected chi connectivity index (χ4v) is 3.44. The number of hydrogen-bond acceptors (Lipinski definition) is 2. The molecule has 3 heteroatoms. The minimum Gasteiger partial charge on any atom is -0.396 e. The fraction of sp³-hybridized carbons (Fsp3) is 1.00. The molecule has 2 atom stereocenters. The van der Waals surface area contributed by atoms with E-state index in [0.717, 1.165) is 13.1 Å². The molecule has 2 rings (SSSR count). The van der Waals surface area contributed by atoms with Gasteiger partial charge in [-0.25, -0.2) is 4.39 Å². The van der Waals surface area contributed by atoms with E-state index in [0.29, 0.717) is 30.6 Å². The molecule has 2 nitrogen and oxygen atoms in total. The lowest BCUT2D eigenvalue weighted by molar-refractivity contribution is -0.0602. The summed E-state index contributed by atoms with van der Waals surface area (Å²) in [7, 11) is 2.09. The van der Waals surface area contributed by atoms with Gasteiger partial charge in [0.15, 0.2) is 0 Å². The van der Waals surface area contributed by atoms with E-state index in [9.17, 15) is 9.50 Å². The molecule has 0 radical (unpaired) electrons. The van der Waals surface area contributed by atoms with Crippen molar-refractivity contribution in [1.82, 2.24) is 4.90 Å². The zero-order chi connectivity index (χ0) is 10.3. The van der Waals surface area contributed by atoms with Crippen LogP contribution in [0.4, 0.5) is 4.39 Å². The van der Waals surface area contributed by atoms with Crippen molar-refractivity contribution < 1.29 is 9.50 Å². The van der Waals surface area contributed by atoms with Crippen molar-refractivity contribution in [1.29, 1.82) is 0 Å². The van der Waals surface area contributed by atoms with Crippen LogP contribution in [-0.4, -0.2) is 42.4 Å². The van der Waals surface area contributed by atoms with Gasteiger partial charge in [0.05, 0.1) is 0 Å². The predicted molar refractivity (Wildman–Crippen MR) is 53.8 cm³/mol. The Morgan fingerprint density at radius 3 is 2.29 bits per heavy atom. The summed E-state index contributed by atoms with van der Waals surface area (Å²) >= 11 is 0. The number of rotatable bonds is 1. The first-order chi connectivity index (χ1) is 6.52.